The van der Waals surface area contributed by atoms with Crippen LogP contribution in [0.3, 0.4) is 0 Å². The predicted octanol–water partition coefficient (Wildman–Crippen LogP) is 5.22. The number of hydrogen-bond donors (Lipinski definition) is 5. The summed E-state index contributed by atoms with van der Waals surface area (Å²) < 4.78 is 38.2. The zero-order valence-electron chi connectivity index (χ0n) is 21.4. The van der Waals surface area contributed by atoms with E-state index in [-0.39, 0.29) is 29.8 Å². The average Bonchev–Trinajstić information content (AvgIpc) is 2.96. The molecule has 6 N–H and O–H groups in total. The summed E-state index contributed by atoms with van der Waals surface area (Å²) in [6.45, 7) is 5.20. The van der Waals surface area contributed by atoms with E-state index in [1.165, 1.54) is 6.07 Å². The third kappa shape index (κ3) is 6.65. The fourth-order valence-electron chi connectivity index (χ4n) is 5.59. The minimum absolute atomic E-state index is 0.0879. The van der Waals surface area contributed by atoms with E-state index in [0.29, 0.717) is 48.0 Å². The van der Waals surface area contributed by atoms with Crippen molar-refractivity contribution in [3.63, 3.8) is 0 Å². The minimum atomic E-state index is -2.84. The first kappa shape index (κ1) is 28.3. The van der Waals surface area contributed by atoms with Crippen molar-refractivity contribution in [3.8, 4) is 0 Å². The van der Waals surface area contributed by atoms with Crippen LogP contribution in [-0.2, 0) is 11.2 Å². The zero-order valence-corrected chi connectivity index (χ0v) is 22.9. The lowest BCUT2D eigenvalue weighted by atomic mass is 9.82. The lowest BCUT2D eigenvalue weighted by molar-refractivity contribution is -0.118. The molecular formula is C27H38ClFN4O3S. The Morgan fingerprint density at radius 1 is 1.27 bits per heavy atom. The van der Waals surface area contributed by atoms with E-state index in [2.05, 4.69) is 10.6 Å². The topological polar surface area (TPSA) is 111 Å². The molecule has 0 saturated carbocycles. The van der Waals surface area contributed by atoms with Crippen LogP contribution in [0.25, 0.3) is 0 Å². The molecule has 37 heavy (non-hydrogen) atoms. The highest BCUT2D eigenvalue weighted by Gasteiger charge is 2.38. The van der Waals surface area contributed by atoms with Crippen molar-refractivity contribution in [2.24, 2.45) is 11.7 Å². The van der Waals surface area contributed by atoms with Crippen molar-refractivity contribution in [1.29, 1.82) is 0 Å². The van der Waals surface area contributed by atoms with Gasteiger partial charge in [-0.1, -0.05) is 43.6 Å². The highest BCUT2D eigenvalue weighted by molar-refractivity contribution is 8.22. The SMILES string of the molecule is CC(C)[C@H](c1ccc(Cl)cc1)[C@H](N)C(=O)Nc1cccc(F)c1CCC1CNC2CCCS(O)(O)N1C2. The molecule has 0 spiro atoms. The summed E-state index contributed by atoms with van der Waals surface area (Å²) in [7, 11) is -2.84. The van der Waals surface area contributed by atoms with Crippen molar-refractivity contribution < 1.29 is 18.3 Å². The van der Waals surface area contributed by atoms with Gasteiger partial charge in [0, 0.05) is 47.4 Å². The summed E-state index contributed by atoms with van der Waals surface area (Å²) in [6.07, 6.45) is 2.53. The second kappa shape index (κ2) is 12.0. The summed E-state index contributed by atoms with van der Waals surface area (Å²) >= 11 is 6.04. The molecule has 3 unspecified atom stereocenters. The van der Waals surface area contributed by atoms with Gasteiger partial charge in [0.05, 0.1) is 11.8 Å². The van der Waals surface area contributed by atoms with Gasteiger partial charge in [0.25, 0.3) is 0 Å². The maximum Gasteiger partial charge on any atom is 0.241 e. The molecule has 7 nitrogen and oxygen atoms in total. The number of rotatable bonds is 8. The Hall–Kier alpha value is -1.72. The first-order valence-corrected chi connectivity index (χ1v) is 15.0. The molecule has 2 aliphatic heterocycles. The van der Waals surface area contributed by atoms with E-state index < -0.39 is 22.6 Å². The van der Waals surface area contributed by atoms with Gasteiger partial charge in [-0.15, -0.1) is 10.8 Å². The van der Waals surface area contributed by atoms with Crippen molar-refractivity contribution in [2.45, 2.75) is 63.6 Å². The van der Waals surface area contributed by atoms with Crippen molar-refractivity contribution >= 4 is 34.0 Å². The summed E-state index contributed by atoms with van der Waals surface area (Å²) in [4.78, 5) is 13.3. The molecule has 204 valence electrons. The number of hydrogen-bond acceptors (Lipinski definition) is 6. The number of anilines is 1. The quantitative estimate of drug-likeness (QED) is 0.307. The van der Waals surface area contributed by atoms with Crippen molar-refractivity contribution in [3.05, 3.63) is 64.4 Å². The van der Waals surface area contributed by atoms with Crippen LogP contribution in [0.4, 0.5) is 10.1 Å². The van der Waals surface area contributed by atoms with E-state index >= 15 is 0 Å². The van der Waals surface area contributed by atoms with Crippen LogP contribution in [0.2, 0.25) is 5.02 Å². The fraction of sp³-hybridized carbons (Fsp3) is 0.519. The molecule has 2 aromatic carbocycles. The number of piperazine rings is 1. The Bertz CT molecular complexity index is 1090. The predicted molar refractivity (Wildman–Crippen MR) is 150 cm³/mol. The molecule has 2 aliphatic rings. The molecule has 0 aromatic heterocycles. The molecular weight excluding hydrogens is 515 g/mol. The summed E-state index contributed by atoms with van der Waals surface area (Å²) in [6, 6.07) is 11.2. The third-order valence-corrected chi connectivity index (χ3v) is 9.85. The van der Waals surface area contributed by atoms with Gasteiger partial charge in [-0.05, 0) is 61.4 Å². The van der Waals surface area contributed by atoms with E-state index in [9.17, 15) is 18.3 Å². The van der Waals surface area contributed by atoms with Crippen molar-refractivity contribution in [1.82, 2.24) is 9.62 Å². The minimum Gasteiger partial charge on any atom is -0.324 e. The monoisotopic (exact) mass is 552 g/mol. The van der Waals surface area contributed by atoms with Gasteiger partial charge >= 0.3 is 0 Å². The third-order valence-electron chi connectivity index (χ3n) is 7.56. The van der Waals surface area contributed by atoms with Crippen LogP contribution in [0.5, 0.6) is 0 Å². The van der Waals surface area contributed by atoms with Crippen LogP contribution in [0.15, 0.2) is 42.5 Å². The number of nitrogens with two attached hydrogens (primary N) is 1. The molecule has 2 heterocycles. The highest BCUT2D eigenvalue weighted by atomic mass is 35.5. The molecule has 4 rings (SSSR count). The maximum absolute atomic E-state index is 15.0. The Labute approximate surface area is 225 Å². The number of carbonyl (C=O) groups is 1. The average molecular weight is 553 g/mol. The van der Waals surface area contributed by atoms with Gasteiger partial charge in [-0.3, -0.25) is 13.9 Å². The molecule has 2 aromatic rings. The Balaban J connectivity index is 1.48. The standard InChI is InChI=1S/C27H38ClFN4O3S/c1-17(2)25(18-8-10-19(28)11-9-18)26(30)27(34)32-24-7-3-6-23(29)22(24)13-12-21-15-31-20-5-4-14-37(35,36)33(21)16-20/h3,6-11,17,20-21,25-26,31,35-36H,4-5,12-16,30H2,1-2H3,(H,32,34)/t20?,21?,25-,26+/m1/s1. The number of nitrogens with one attached hydrogen (secondary N) is 2. The molecule has 2 saturated heterocycles. The second-order valence-corrected chi connectivity index (χ2v) is 13.1. The number of carbonyl (C=O) groups excluding carboxylic acids is 1. The van der Waals surface area contributed by atoms with Gasteiger partial charge in [0.15, 0.2) is 0 Å². The molecule has 1 amide bonds. The normalized spacial score (nSPS) is 25.7. The largest absolute Gasteiger partial charge is 0.324 e. The van der Waals surface area contributed by atoms with Crippen LogP contribution in [-0.4, -0.2) is 56.3 Å². The molecule has 0 aliphatic carbocycles. The summed E-state index contributed by atoms with van der Waals surface area (Å²) in [5, 5.41) is 6.98. The first-order chi connectivity index (χ1) is 17.6. The number of halogens is 2. The van der Waals surface area contributed by atoms with E-state index in [1.807, 2.05) is 30.3 Å². The molecule has 5 atom stereocenters. The molecule has 2 fully saturated rings. The maximum atomic E-state index is 15.0. The van der Waals surface area contributed by atoms with Gasteiger partial charge < -0.3 is 16.4 Å². The van der Waals surface area contributed by atoms with Crippen molar-refractivity contribution in [2.75, 3.05) is 24.2 Å². The van der Waals surface area contributed by atoms with E-state index in [1.54, 1.807) is 24.3 Å². The number of nitrogens with zero attached hydrogens (tertiary/aromatic N) is 1. The Morgan fingerprint density at radius 3 is 2.70 bits per heavy atom. The van der Waals surface area contributed by atoms with E-state index in [0.717, 1.165) is 18.4 Å². The molecule has 10 heteroatoms. The Morgan fingerprint density at radius 2 is 2.00 bits per heavy atom. The number of amides is 1. The fourth-order valence-corrected chi connectivity index (χ4v) is 7.58. The first-order valence-electron chi connectivity index (χ1n) is 12.9. The lowest BCUT2D eigenvalue weighted by Gasteiger charge is -2.49. The number of fused-ring (bicyclic) bond motifs is 2. The summed E-state index contributed by atoms with van der Waals surface area (Å²) in [5.74, 6) is -0.586. The highest BCUT2D eigenvalue weighted by Crippen LogP contribution is 2.49. The molecule has 2 bridgehead atoms. The van der Waals surface area contributed by atoms with Gasteiger partial charge in [0.1, 0.15) is 5.82 Å². The van der Waals surface area contributed by atoms with Crippen LogP contribution in [0, 0.1) is 11.7 Å². The lowest BCUT2D eigenvalue weighted by Crippen LogP contribution is -2.55. The Kier molecular flexibility index (Phi) is 9.17. The van der Waals surface area contributed by atoms with Crippen LogP contribution < -0.4 is 16.4 Å². The smallest absolute Gasteiger partial charge is 0.241 e. The van der Waals surface area contributed by atoms with Crippen LogP contribution >= 0.6 is 22.4 Å². The van der Waals surface area contributed by atoms with Gasteiger partial charge in [-0.2, -0.15) is 0 Å². The van der Waals surface area contributed by atoms with Gasteiger partial charge in [-0.25, -0.2) is 8.70 Å². The molecule has 0 radical (unpaired) electrons. The van der Waals surface area contributed by atoms with E-state index in [4.69, 9.17) is 17.3 Å². The number of benzene rings is 2. The van der Waals surface area contributed by atoms with Crippen LogP contribution in [0.1, 0.15) is 50.2 Å². The zero-order chi connectivity index (χ0) is 26.7. The summed E-state index contributed by atoms with van der Waals surface area (Å²) in [5.41, 5.74) is 8.16. The second-order valence-electron chi connectivity index (χ2n) is 10.5. The van der Waals surface area contributed by atoms with Gasteiger partial charge in [0.2, 0.25) is 5.91 Å².